The van der Waals surface area contributed by atoms with E-state index in [1.165, 1.54) is 0 Å². The molecule has 0 saturated carbocycles. The summed E-state index contributed by atoms with van der Waals surface area (Å²) in [6.45, 7) is 0. The molecule has 2 radical (unpaired) electrons. The minimum atomic E-state index is 0. The summed E-state index contributed by atoms with van der Waals surface area (Å²) in [6.07, 6.45) is 0. The zero-order valence-electron chi connectivity index (χ0n) is 1.15. The second-order valence-electron chi connectivity index (χ2n) is 0. The van der Waals surface area contributed by atoms with Crippen LogP contribution in [-0.2, 0) is 51.7 Å². The summed E-state index contributed by atoms with van der Waals surface area (Å²) < 4.78 is 0. The van der Waals surface area contributed by atoms with Crippen molar-refractivity contribution >= 4 is 59.4 Å². The van der Waals surface area contributed by atoms with E-state index in [1.54, 1.807) is 0 Å². The van der Waals surface area contributed by atoms with E-state index in [-0.39, 0.29) is 111 Å². The second kappa shape index (κ2) is 25.4. The van der Waals surface area contributed by atoms with E-state index in [0.717, 1.165) is 0 Å². The van der Waals surface area contributed by atoms with Crippen molar-refractivity contribution < 1.29 is 51.7 Å². The van der Waals surface area contributed by atoms with Gasteiger partial charge in [-0.25, -0.2) is 0 Å². The van der Waals surface area contributed by atoms with Gasteiger partial charge in [0.15, 0.2) is 0 Å². The molecule has 0 atom stereocenters. The Morgan fingerprint density at radius 1 is 0.400 bits per heavy atom. The van der Waals surface area contributed by atoms with Crippen LogP contribution in [0.15, 0.2) is 0 Å². The van der Waals surface area contributed by atoms with Crippen LogP contribution < -0.4 is 0 Å². The normalized spacial score (nSPS) is 0. The topological polar surface area (TPSA) is 0 Å². The van der Waals surface area contributed by atoms with Gasteiger partial charge in [0.1, 0.15) is 0 Å². The van der Waals surface area contributed by atoms with Crippen molar-refractivity contribution in [3.8, 4) is 0 Å². The molecule has 0 amide bonds. The van der Waals surface area contributed by atoms with Crippen LogP contribution in [0.4, 0.5) is 0 Å². The zero-order valence-corrected chi connectivity index (χ0v) is 4.76. The number of hydrogen-bond acceptors (Lipinski definition) is 0. The van der Waals surface area contributed by atoms with Crippen molar-refractivity contribution in [2.75, 3.05) is 0 Å². The predicted octanol–water partition coefficient (Wildman–Crippen LogP) is -3.56. The van der Waals surface area contributed by atoms with E-state index in [1.807, 2.05) is 0 Å². The first-order valence-electron chi connectivity index (χ1n) is 0. The van der Waals surface area contributed by atoms with Crippen LogP contribution in [-0.4, -0.2) is 59.4 Å². The molecule has 0 bridgehead atoms. The maximum absolute atomic E-state index is 0. The molecule has 0 spiro atoms. The average molecular weight is 308 g/mol. The third-order valence-electron chi connectivity index (χ3n) is 0. The fourth-order valence-electron chi connectivity index (χ4n) is 0. The summed E-state index contributed by atoms with van der Waals surface area (Å²) in [4.78, 5) is 0. The Balaban J connectivity index is 0. The molecule has 0 aromatic carbocycles. The smallest absolute Gasteiger partial charge is 0 e. The summed E-state index contributed by atoms with van der Waals surface area (Å²) in [5.74, 6) is 0. The average Bonchev–Trinajstić information content (AvgIpc) is 0. The van der Waals surface area contributed by atoms with Crippen molar-refractivity contribution in [2.24, 2.45) is 0 Å². The molecule has 0 rings (SSSR count). The molecule has 5 heteroatoms. The fourth-order valence-corrected chi connectivity index (χ4v) is 0. The van der Waals surface area contributed by atoms with Crippen LogP contribution in [0.25, 0.3) is 0 Å². The molecule has 0 aromatic heterocycles. The Morgan fingerprint density at radius 2 is 0.400 bits per heavy atom. The van der Waals surface area contributed by atoms with Crippen LogP contribution >= 0.6 is 0 Å². The molecule has 0 fully saturated rings. The monoisotopic (exact) mass is 306 g/mol. The first-order valence-corrected chi connectivity index (χ1v) is 0. The number of rotatable bonds is 0. The van der Waals surface area contributed by atoms with E-state index >= 15 is 0 Å². The van der Waals surface area contributed by atoms with Gasteiger partial charge in [-0.15, -0.1) is 0 Å². The van der Waals surface area contributed by atoms with Crippen LogP contribution in [0.5, 0.6) is 0 Å². The van der Waals surface area contributed by atoms with Crippen LogP contribution in [0.3, 0.4) is 0 Å². The van der Waals surface area contributed by atoms with Gasteiger partial charge in [0.2, 0.25) is 0 Å². The summed E-state index contributed by atoms with van der Waals surface area (Å²) in [6, 6.07) is 0. The fraction of sp³-hybridized carbons (Fsp3) is 0. The summed E-state index contributed by atoms with van der Waals surface area (Å²) in [5, 5.41) is 0. The largest absolute Gasteiger partial charge is 0 e. The first-order chi connectivity index (χ1) is 0. The Kier molecular flexibility index (Phi) is 193. The molecular weight excluding hydrogens is 299 g/mol. The SMILES string of the molecule is [GaH3].[GaH3].[GaH3].[Sc].[Sc]. The molecule has 0 N–H and O–H groups in total. The predicted molar refractivity (Wildman–Crippen MR) is 29.8 cm³/mol. The molecule has 0 aliphatic rings. The molecule has 0 aromatic rings. The molecule has 0 heterocycles. The quantitative estimate of drug-likeness (QED) is 0.407. The van der Waals surface area contributed by atoms with Crippen LogP contribution in [0.2, 0.25) is 0 Å². The Morgan fingerprint density at radius 3 is 0.400 bits per heavy atom. The molecule has 5 heavy (non-hydrogen) atoms. The van der Waals surface area contributed by atoms with Gasteiger partial charge in [-0.2, -0.15) is 0 Å². The van der Waals surface area contributed by atoms with E-state index in [2.05, 4.69) is 0 Å². The van der Waals surface area contributed by atoms with Gasteiger partial charge in [-0.1, -0.05) is 0 Å². The van der Waals surface area contributed by atoms with Crippen molar-refractivity contribution in [1.29, 1.82) is 0 Å². The molecule has 0 aliphatic carbocycles. The minimum Gasteiger partial charge on any atom is 0 e. The van der Waals surface area contributed by atoms with E-state index in [4.69, 9.17) is 0 Å². The molecule has 0 aliphatic heterocycles. The second-order valence-corrected chi connectivity index (χ2v) is 0. The first kappa shape index (κ1) is 38.0. The van der Waals surface area contributed by atoms with Crippen molar-refractivity contribution in [2.45, 2.75) is 0 Å². The van der Waals surface area contributed by atoms with E-state index < -0.39 is 0 Å². The Labute approximate surface area is 109 Å². The third-order valence-corrected chi connectivity index (χ3v) is 0. The van der Waals surface area contributed by atoms with Gasteiger partial charge in [0.25, 0.3) is 0 Å². The van der Waals surface area contributed by atoms with Crippen molar-refractivity contribution in [1.82, 2.24) is 0 Å². The van der Waals surface area contributed by atoms with Gasteiger partial charge in [0, 0.05) is 51.7 Å². The van der Waals surface area contributed by atoms with E-state index in [0.29, 0.717) is 0 Å². The molecule has 24 valence electrons. The molecule has 0 unspecified atom stereocenters. The van der Waals surface area contributed by atoms with Gasteiger partial charge >= 0.3 is 59.4 Å². The zero-order chi connectivity index (χ0) is 0. The molecular formula is H9Ga3Sc2. The van der Waals surface area contributed by atoms with Crippen molar-refractivity contribution in [3.63, 3.8) is 0 Å². The van der Waals surface area contributed by atoms with E-state index in [9.17, 15) is 0 Å². The maximum Gasteiger partial charge on any atom is 0 e. The standard InChI is InChI=1S/3Ga.2Sc.9H. The van der Waals surface area contributed by atoms with Crippen molar-refractivity contribution in [3.05, 3.63) is 0 Å². The van der Waals surface area contributed by atoms with Crippen LogP contribution in [0.1, 0.15) is 0 Å². The van der Waals surface area contributed by atoms with Gasteiger partial charge in [-0.05, 0) is 0 Å². The summed E-state index contributed by atoms with van der Waals surface area (Å²) in [5.41, 5.74) is 0. The summed E-state index contributed by atoms with van der Waals surface area (Å²) >= 11 is 0. The third kappa shape index (κ3) is 18.3. The van der Waals surface area contributed by atoms with Gasteiger partial charge in [-0.3, -0.25) is 0 Å². The molecule has 0 nitrogen and oxygen atoms in total. The Hall–Kier alpha value is 3.65. The minimum absolute atomic E-state index is 0. The van der Waals surface area contributed by atoms with Gasteiger partial charge in [0.05, 0.1) is 0 Å². The molecule has 0 saturated heterocycles. The summed E-state index contributed by atoms with van der Waals surface area (Å²) in [7, 11) is 0. The van der Waals surface area contributed by atoms with Crippen LogP contribution in [0, 0.1) is 0 Å². The number of hydrogen-bond donors (Lipinski definition) is 0. The van der Waals surface area contributed by atoms with Gasteiger partial charge < -0.3 is 0 Å². The Bertz CT molecular complexity index is 4.85. The maximum atomic E-state index is 0.